The average Bonchev–Trinajstić information content (AvgIpc) is 2.60. The van der Waals surface area contributed by atoms with E-state index in [0.717, 1.165) is 12.3 Å². The number of amidine groups is 1. The minimum Gasteiger partial charge on any atom is -0.336 e. The van der Waals surface area contributed by atoms with Gasteiger partial charge in [-0.1, -0.05) is 24.2 Å². The smallest absolute Gasteiger partial charge is 0.242 e. The van der Waals surface area contributed by atoms with Crippen molar-refractivity contribution in [3.8, 4) is 0 Å². The number of nitrogens with zero attached hydrogens (tertiary/aromatic N) is 2. The Hall–Kier alpha value is -1.84. The van der Waals surface area contributed by atoms with Crippen LogP contribution in [0, 0.1) is 0 Å². The molecule has 0 atom stereocenters. The SMILES string of the molecule is CCC1=NO/C(=C2/C=CC=CC2=O)N1C. The lowest BCUT2D eigenvalue weighted by atomic mass is 10.1. The van der Waals surface area contributed by atoms with Crippen LogP contribution < -0.4 is 0 Å². The molecule has 0 aromatic rings. The third kappa shape index (κ3) is 1.58. The van der Waals surface area contributed by atoms with E-state index in [1.807, 2.05) is 20.0 Å². The fraction of sp³-hybridized carbons (Fsp3) is 0.273. The molecule has 0 aromatic carbocycles. The third-order valence-electron chi connectivity index (χ3n) is 2.36. The molecule has 15 heavy (non-hydrogen) atoms. The zero-order chi connectivity index (χ0) is 10.8. The number of allylic oxidation sites excluding steroid dienone is 5. The largest absolute Gasteiger partial charge is 0.336 e. The zero-order valence-corrected chi connectivity index (χ0v) is 8.73. The molecule has 4 nitrogen and oxygen atoms in total. The van der Waals surface area contributed by atoms with Crippen LogP contribution in [0.25, 0.3) is 0 Å². The van der Waals surface area contributed by atoms with Crippen LogP contribution in [0.4, 0.5) is 0 Å². The average molecular weight is 204 g/mol. The molecule has 1 aliphatic carbocycles. The molecule has 0 aromatic heterocycles. The molecular formula is C11H12N2O2. The molecule has 0 fully saturated rings. The molecule has 1 heterocycles. The van der Waals surface area contributed by atoms with E-state index >= 15 is 0 Å². The van der Waals surface area contributed by atoms with Crippen molar-refractivity contribution in [2.45, 2.75) is 13.3 Å². The normalized spacial score (nSPS) is 24.5. The molecule has 0 amide bonds. The van der Waals surface area contributed by atoms with Gasteiger partial charge in [-0.2, -0.15) is 0 Å². The summed E-state index contributed by atoms with van der Waals surface area (Å²) in [5.41, 5.74) is 0.548. The summed E-state index contributed by atoms with van der Waals surface area (Å²) in [7, 11) is 1.84. The summed E-state index contributed by atoms with van der Waals surface area (Å²) in [5.74, 6) is 1.29. The van der Waals surface area contributed by atoms with Crippen molar-refractivity contribution in [1.29, 1.82) is 0 Å². The van der Waals surface area contributed by atoms with Gasteiger partial charge in [-0.25, -0.2) is 0 Å². The first-order chi connectivity index (χ1) is 7.24. The van der Waals surface area contributed by atoms with E-state index in [1.165, 1.54) is 6.08 Å². The van der Waals surface area contributed by atoms with Gasteiger partial charge in [0, 0.05) is 13.5 Å². The first-order valence-corrected chi connectivity index (χ1v) is 4.85. The molecular weight excluding hydrogens is 192 g/mol. The lowest BCUT2D eigenvalue weighted by Crippen LogP contribution is -2.22. The van der Waals surface area contributed by atoms with Gasteiger partial charge < -0.3 is 4.84 Å². The summed E-state index contributed by atoms with van der Waals surface area (Å²) in [5, 5.41) is 3.90. The number of ketones is 1. The molecule has 0 radical (unpaired) electrons. The Morgan fingerprint density at radius 1 is 1.40 bits per heavy atom. The maximum atomic E-state index is 11.6. The molecule has 0 unspecified atom stereocenters. The van der Waals surface area contributed by atoms with Crippen LogP contribution in [-0.4, -0.2) is 23.6 Å². The second kappa shape index (κ2) is 3.73. The minimum atomic E-state index is -0.0492. The number of hydrogen-bond donors (Lipinski definition) is 0. The number of rotatable bonds is 1. The van der Waals surface area contributed by atoms with E-state index in [4.69, 9.17) is 4.84 Å². The van der Waals surface area contributed by atoms with Crippen molar-refractivity contribution < 1.29 is 9.63 Å². The molecule has 2 aliphatic rings. The van der Waals surface area contributed by atoms with Crippen molar-refractivity contribution in [2.24, 2.45) is 5.16 Å². The van der Waals surface area contributed by atoms with Crippen molar-refractivity contribution in [2.75, 3.05) is 7.05 Å². The Morgan fingerprint density at radius 3 is 2.73 bits per heavy atom. The quantitative estimate of drug-likeness (QED) is 0.609. The Bertz CT molecular complexity index is 416. The van der Waals surface area contributed by atoms with Crippen LogP contribution in [0.1, 0.15) is 13.3 Å². The summed E-state index contributed by atoms with van der Waals surface area (Å²) in [6.07, 6.45) is 7.56. The van der Waals surface area contributed by atoms with Crippen LogP contribution in [0.15, 0.2) is 40.9 Å². The van der Waals surface area contributed by atoms with Gasteiger partial charge in [-0.15, -0.1) is 0 Å². The highest BCUT2D eigenvalue weighted by Crippen LogP contribution is 2.22. The van der Waals surface area contributed by atoms with E-state index < -0.39 is 0 Å². The van der Waals surface area contributed by atoms with Crippen LogP contribution in [0.2, 0.25) is 0 Å². The molecule has 0 saturated heterocycles. The van der Waals surface area contributed by atoms with Gasteiger partial charge >= 0.3 is 0 Å². The van der Waals surface area contributed by atoms with Gasteiger partial charge in [-0.05, 0) is 12.2 Å². The van der Waals surface area contributed by atoms with E-state index in [-0.39, 0.29) is 5.78 Å². The van der Waals surface area contributed by atoms with Crippen molar-refractivity contribution in [3.05, 3.63) is 35.8 Å². The first kappa shape index (κ1) is 9.71. The van der Waals surface area contributed by atoms with Gasteiger partial charge in [0.15, 0.2) is 11.6 Å². The van der Waals surface area contributed by atoms with Gasteiger partial charge in [-0.3, -0.25) is 9.69 Å². The Morgan fingerprint density at radius 2 is 2.13 bits per heavy atom. The summed E-state index contributed by atoms with van der Waals surface area (Å²) < 4.78 is 0. The van der Waals surface area contributed by atoms with Crippen molar-refractivity contribution >= 4 is 11.6 Å². The molecule has 4 heteroatoms. The third-order valence-corrected chi connectivity index (χ3v) is 2.36. The number of carbonyl (C=O) groups is 1. The number of hydrogen-bond acceptors (Lipinski definition) is 4. The van der Waals surface area contributed by atoms with E-state index in [9.17, 15) is 4.79 Å². The van der Waals surface area contributed by atoms with Gasteiger partial charge in [0.25, 0.3) is 0 Å². The van der Waals surface area contributed by atoms with Crippen LogP contribution in [-0.2, 0) is 9.63 Å². The number of carbonyl (C=O) groups excluding carboxylic acids is 1. The topological polar surface area (TPSA) is 41.9 Å². The van der Waals surface area contributed by atoms with Crippen LogP contribution in [0.5, 0.6) is 0 Å². The Balaban J connectivity index is 2.33. The van der Waals surface area contributed by atoms with E-state index in [1.54, 1.807) is 17.1 Å². The molecule has 78 valence electrons. The second-order valence-electron chi connectivity index (χ2n) is 3.31. The van der Waals surface area contributed by atoms with E-state index in [0.29, 0.717) is 11.5 Å². The summed E-state index contributed by atoms with van der Waals surface area (Å²) in [6.45, 7) is 1.99. The second-order valence-corrected chi connectivity index (χ2v) is 3.31. The van der Waals surface area contributed by atoms with Gasteiger partial charge in [0.2, 0.25) is 5.88 Å². The number of oxime groups is 1. The predicted octanol–water partition coefficient (Wildman–Crippen LogP) is 1.58. The highest BCUT2D eigenvalue weighted by molar-refractivity contribution is 6.08. The lowest BCUT2D eigenvalue weighted by Gasteiger charge is -2.14. The Kier molecular flexibility index (Phi) is 2.41. The molecule has 2 rings (SSSR count). The van der Waals surface area contributed by atoms with Crippen molar-refractivity contribution in [3.63, 3.8) is 0 Å². The minimum absolute atomic E-state index is 0.0492. The summed E-state index contributed by atoms with van der Waals surface area (Å²) in [6, 6.07) is 0. The lowest BCUT2D eigenvalue weighted by molar-refractivity contribution is -0.111. The monoisotopic (exact) mass is 204 g/mol. The van der Waals surface area contributed by atoms with Gasteiger partial charge in [0.1, 0.15) is 0 Å². The standard InChI is InChI=1S/C11H12N2O2/c1-3-10-12-15-11(13(10)2)8-6-4-5-7-9(8)14/h4-7H,3H2,1-2H3/b11-8-. The fourth-order valence-corrected chi connectivity index (χ4v) is 1.51. The maximum absolute atomic E-state index is 11.6. The predicted molar refractivity (Wildman–Crippen MR) is 56.9 cm³/mol. The fourth-order valence-electron chi connectivity index (χ4n) is 1.51. The van der Waals surface area contributed by atoms with Crippen LogP contribution >= 0.6 is 0 Å². The first-order valence-electron chi connectivity index (χ1n) is 4.85. The van der Waals surface area contributed by atoms with Crippen molar-refractivity contribution in [1.82, 2.24) is 4.90 Å². The van der Waals surface area contributed by atoms with Gasteiger partial charge in [0.05, 0.1) is 5.57 Å². The summed E-state index contributed by atoms with van der Waals surface area (Å²) in [4.78, 5) is 18.5. The van der Waals surface area contributed by atoms with E-state index in [2.05, 4.69) is 5.16 Å². The maximum Gasteiger partial charge on any atom is 0.242 e. The van der Waals surface area contributed by atoms with Crippen LogP contribution in [0.3, 0.4) is 0 Å². The Labute approximate surface area is 88.2 Å². The molecule has 0 spiro atoms. The molecule has 1 aliphatic heterocycles. The zero-order valence-electron chi connectivity index (χ0n) is 8.73. The summed E-state index contributed by atoms with van der Waals surface area (Å²) >= 11 is 0. The highest BCUT2D eigenvalue weighted by atomic mass is 16.7. The molecule has 0 N–H and O–H groups in total. The molecule has 0 saturated carbocycles. The molecule has 0 bridgehead atoms. The highest BCUT2D eigenvalue weighted by Gasteiger charge is 2.25.